The van der Waals surface area contributed by atoms with E-state index in [9.17, 15) is 0 Å². The zero-order valence-corrected chi connectivity index (χ0v) is 11.3. The molecule has 0 aromatic carbocycles. The largest absolute Gasteiger partial charge is 0.329 e. The lowest BCUT2D eigenvalue weighted by Crippen LogP contribution is -2.51. The zero-order valence-electron chi connectivity index (χ0n) is 11.3. The Hall–Kier alpha value is -0.0800. The third-order valence-electron chi connectivity index (χ3n) is 3.16. The fraction of sp³-hybridized carbons (Fsp3) is 1.00. The van der Waals surface area contributed by atoms with E-state index in [4.69, 9.17) is 5.73 Å². The lowest BCUT2D eigenvalue weighted by molar-refractivity contribution is 0.106. The Morgan fingerprint density at radius 3 is 2.20 bits per heavy atom. The number of hydrogen-bond acceptors (Lipinski definition) is 2. The number of nitrogens with two attached hydrogens (primary N) is 1. The summed E-state index contributed by atoms with van der Waals surface area (Å²) in [4.78, 5) is 2.55. The molecule has 0 spiro atoms. The molecule has 92 valence electrons. The quantitative estimate of drug-likeness (QED) is 0.673. The SMILES string of the molecule is CCCC(C)CN(CCC)C(C)(C)CN. The van der Waals surface area contributed by atoms with Crippen LogP contribution < -0.4 is 5.73 Å². The van der Waals surface area contributed by atoms with Crippen LogP contribution in [0.3, 0.4) is 0 Å². The summed E-state index contributed by atoms with van der Waals surface area (Å²) >= 11 is 0. The Bertz CT molecular complexity index is 155. The van der Waals surface area contributed by atoms with Crippen LogP contribution in [0, 0.1) is 5.92 Å². The first-order valence-corrected chi connectivity index (χ1v) is 6.43. The van der Waals surface area contributed by atoms with Gasteiger partial charge in [0.15, 0.2) is 0 Å². The van der Waals surface area contributed by atoms with Crippen LogP contribution in [0.1, 0.15) is 53.9 Å². The average molecular weight is 214 g/mol. The summed E-state index contributed by atoms with van der Waals surface area (Å²) in [6.45, 7) is 14.4. The van der Waals surface area contributed by atoms with Crippen molar-refractivity contribution in [2.24, 2.45) is 11.7 Å². The van der Waals surface area contributed by atoms with Crippen LogP contribution in [-0.4, -0.2) is 30.1 Å². The number of hydrogen-bond donors (Lipinski definition) is 1. The van der Waals surface area contributed by atoms with Crippen LogP contribution in [0.25, 0.3) is 0 Å². The van der Waals surface area contributed by atoms with E-state index in [2.05, 4.69) is 39.5 Å². The van der Waals surface area contributed by atoms with Gasteiger partial charge in [0.25, 0.3) is 0 Å². The summed E-state index contributed by atoms with van der Waals surface area (Å²) in [5.74, 6) is 0.785. The van der Waals surface area contributed by atoms with Crippen LogP contribution in [0.4, 0.5) is 0 Å². The average Bonchev–Trinajstić information content (AvgIpc) is 2.17. The fourth-order valence-electron chi connectivity index (χ4n) is 2.00. The van der Waals surface area contributed by atoms with Crippen molar-refractivity contribution in [3.8, 4) is 0 Å². The van der Waals surface area contributed by atoms with E-state index in [1.165, 1.54) is 25.8 Å². The van der Waals surface area contributed by atoms with Crippen molar-refractivity contribution in [1.29, 1.82) is 0 Å². The van der Waals surface area contributed by atoms with Crippen molar-refractivity contribution < 1.29 is 0 Å². The molecule has 1 atom stereocenters. The number of rotatable bonds is 8. The van der Waals surface area contributed by atoms with E-state index < -0.39 is 0 Å². The molecule has 0 amide bonds. The lowest BCUT2D eigenvalue weighted by Gasteiger charge is -2.39. The Kier molecular flexibility index (Phi) is 7.20. The predicted molar refractivity (Wildman–Crippen MR) is 69.1 cm³/mol. The lowest BCUT2D eigenvalue weighted by atomic mass is 9.98. The summed E-state index contributed by atoms with van der Waals surface area (Å²) in [5, 5.41) is 0. The van der Waals surface area contributed by atoms with Crippen LogP contribution >= 0.6 is 0 Å². The van der Waals surface area contributed by atoms with Gasteiger partial charge in [-0.15, -0.1) is 0 Å². The molecule has 0 aliphatic carbocycles. The standard InChI is InChI=1S/C13H30N2/c1-6-8-12(3)10-15(9-7-2)13(4,5)11-14/h12H,6-11,14H2,1-5H3. The molecule has 2 heteroatoms. The molecule has 15 heavy (non-hydrogen) atoms. The van der Waals surface area contributed by atoms with Gasteiger partial charge in [-0.25, -0.2) is 0 Å². The highest BCUT2D eigenvalue weighted by molar-refractivity contribution is 4.83. The maximum Gasteiger partial charge on any atom is 0.0275 e. The van der Waals surface area contributed by atoms with Gasteiger partial charge < -0.3 is 5.73 Å². The Morgan fingerprint density at radius 2 is 1.80 bits per heavy atom. The van der Waals surface area contributed by atoms with Gasteiger partial charge in [0.2, 0.25) is 0 Å². The van der Waals surface area contributed by atoms with Crippen molar-refractivity contribution in [2.75, 3.05) is 19.6 Å². The van der Waals surface area contributed by atoms with E-state index in [-0.39, 0.29) is 5.54 Å². The van der Waals surface area contributed by atoms with E-state index >= 15 is 0 Å². The molecule has 0 saturated heterocycles. The van der Waals surface area contributed by atoms with Crippen molar-refractivity contribution in [3.05, 3.63) is 0 Å². The Balaban J connectivity index is 4.26. The summed E-state index contributed by atoms with van der Waals surface area (Å²) < 4.78 is 0. The van der Waals surface area contributed by atoms with Crippen LogP contribution in [-0.2, 0) is 0 Å². The highest BCUT2D eigenvalue weighted by Gasteiger charge is 2.25. The third kappa shape index (κ3) is 5.53. The third-order valence-corrected chi connectivity index (χ3v) is 3.16. The molecule has 1 unspecified atom stereocenters. The molecule has 0 rings (SSSR count). The molecule has 2 N–H and O–H groups in total. The minimum atomic E-state index is 0.151. The summed E-state index contributed by atoms with van der Waals surface area (Å²) in [5.41, 5.74) is 6.00. The first-order chi connectivity index (χ1) is 6.97. The Labute approximate surface area is 96.2 Å². The monoisotopic (exact) mass is 214 g/mol. The molecule has 0 radical (unpaired) electrons. The van der Waals surface area contributed by atoms with Crippen LogP contribution in [0.5, 0.6) is 0 Å². The zero-order chi connectivity index (χ0) is 11.9. The van der Waals surface area contributed by atoms with Crippen molar-refractivity contribution in [1.82, 2.24) is 4.90 Å². The molecular formula is C13H30N2. The maximum atomic E-state index is 5.85. The van der Waals surface area contributed by atoms with Crippen molar-refractivity contribution in [3.63, 3.8) is 0 Å². The van der Waals surface area contributed by atoms with Crippen molar-refractivity contribution in [2.45, 2.75) is 59.4 Å². The Morgan fingerprint density at radius 1 is 1.20 bits per heavy atom. The molecule has 0 fully saturated rings. The second-order valence-corrected chi connectivity index (χ2v) is 5.36. The van der Waals surface area contributed by atoms with E-state index in [0.29, 0.717) is 0 Å². The molecular weight excluding hydrogens is 184 g/mol. The van der Waals surface area contributed by atoms with Gasteiger partial charge in [-0.05, 0) is 39.2 Å². The van der Waals surface area contributed by atoms with Gasteiger partial charge in [0, 0.05) is 18.6 Å². The van der Waals surface area contributed by atoms with Gasteiger partial charge in [0.05, 0.1) is 0 Å². The van der Waals surface area contributed by atoms with Gasteiger partial charge in [-0.1, -0.05) is 27.2 Å². The fourth-order valence-corrected chi connectivity index (χ4v) is 2.00. The summed E-state index contributed by atoms with van der Waals surface area (Å²) in [7, 11) is 0. The molecule has 0 aliphatic rings. The number of nitrogens with zero attached hydrogens (tertiary/aromatic N) is 1. The second kappa shape index (κ2) is 7.24. The van der Waals surface area contributed by atoms with Gasteiger partial charge >= 0.3 is 0 Å². The summed E-state index contributed by atoms with van der Waals surface area (Å²) in [6, 6.07) is 0. The summed E-state index contributed by atoms with van der Waals surface area (Å²) in [6.07, 6.45) is 3.81. The molecule has 0 bridgehead atoms. The molecule has 0 aromatic rings. The first kappa shape index (κ1) is 14.9. The topological polar surface area (TPSA) is 29.3 Å². The normalized spacial score (nSPS) is 14.6. The van der Waals surface area contributed by atoms with E-state index in [0.717, 1.165) is 19.0 Å². The molecule has 0 aliphatic heterocycles. The van der Waals surface area contributed by atoms with Gasteiger partial charge in [-0.2, -0.15) is 0 Å². The highest BCUT2D eigenvalue weighted by atomic mass is 15.2. The van der Waals surface area contributed by atoms with Crippen LogP contribution in [0.15, 0.2) is 0 Å². The molecule has 0 aromatic heterocycles. The maximum absolute atomic E-state index is 5.85. The molecule has 0 saturated carbocycles. The predicted octanol–water partition coefficient (Wildman–Crippen LogP) is 2.87. The minimum absolute atomic E-state index is 0.151. The highest BCUT2D eigenvalue weighted by Crippen LogP contribution is 2.17. The molecule has 2 nitrogen and oxygen atoms in total. The van der Waals surface area contributed by atoms with Crippen molar-refractivity contribution >= 4 is 0 Å². The first-order valence-electron chi connectivity index (χ1n) is 6.43. The van der Waals surface area contributed by atoms with Gasteiger partial charge in [0.1, 0.15) is 0 Å². The van der Waals surface area contributed by atoms with Crippen LogP contribution in [0.2, 0.25) is 0 Å². The minimum Gasteiger partial charge on any atom is -0.329 e. The van der Waals surface area contributed by atoms with Gasteiger partial charge in [-0.3, -0.25) is 4.90 Å². The molecule has 0 heterocycles. The van der Waals surface area contributed by atoms with E-state index in [1.54, 1.807) is 0 Å². The second-order valence-electron chi connectivity index (χ2n) is 5.36. The smallest absolute Gasteiger partial charge is 0.0275 e. The van der Waals surface area contributed by atoms with E-state index in [1.807, 2.05) is 0 Å².